The number of piperazine rings is 1. The molecule has 0 spiro atoms. The average Bonchev–Trinajstić information content (AvgIpc) is 2.82. The van der Waals surface area contributed by atoms with Crippen molar-refractivity contribution >= 4 is 11.6 Å². The first kappa shape index (κ1) is 23.4. The molecule has 0 saturated carbocycles. The van der Waals surface area contributed by atoms with Gasteiger partial charge in [-0.3, -0.25) is 9.69 Å². The van der Waals surface area contributed by atoms with Crippen LogP contribution in [0.3, 0.4) is 0 Å². The van der Waals surface area contributed by atoms with E-state index in [1.165, 1.54) is 0 Å². The summed E-state index contributed by atoms with van der Waals surface area (Å²) in [5, 5.41) is 10.1. The number of Topliss-reactive ketones (excluding diaryl/α,β-unsaturated/α-hetero) is 1. The summed E-state index contributed by atoms with van der Waals surface area (Å²) in [5.74, 6) is 0.965. The van der Waals surface area contributed by atoms with Crippen LogP contribution >= 0.6 is 0 Å². The average molecular weight is 447 g/mol. The van der Waals surface area contributed by atoms with Crippen molar-refractivity contribution in [3.05, 3.63) is 58.3 Å². The van der Waals surface area contributed by atoms with E-state index in [9.17, 15) is 10.1 Å². The SMILES string of the molecule is CCCCc1nc(N2CCN(CC(=O)c3ccccc3)CC2)c(C#N)c2c1COC(C)(C)C2. The molecule has 0 radical (unpaired) electrons. The van der Waals surface area contributed by atoms with Crippen LogP contribution in [0.15, 0.2) is 30.3 Å². The highest BCUT2D eigenvalue weighted by atomic mass is 16.5. The Morgan fingerprint density at radius 2 is 1.88 bits per heavy atom. The maximum atomic E-state index is 12.6. The van der Waals surface area contributed by atoms with Crippen LogP contribution in [0.25, 0.3) is 0 Å². The monoisotopic (exact) mass is 446 g/mol. The molecule has 0 atom stereocenters. The van der Waals surface area contributed by atoms with Crippen molar-refractivity contribution < 1.29 is 9.53 Å². The van der Waals surface area contributed by atoms with Crippen molar-refractivity contribution in [3.63, 3.8) is 0 Å². The summed E-state index contributed by atoms with van der Waals surface area (Å²) < 4.78 is 6.08. The number of benzene rings is 1. The minimum atomic E-state index is -0.282. The molecule has 0 bridgehead atoms. The number of carbonyl (C=O) groups is 1. The molecule has 1 saturated heterocycles. The Hall–Kier alpha value is -2.75. The Kier molecular flexibility index (Phi) is 7.11. The summed E-state index contributed by atoms with van der Waals surface area (Å²) in [5.41, 5.74) is 4.50. The van der Waals surface area contributed by atoms with E-state index in [1.807, 2.05) is 30.3 Å². The fourth-order valence-corrected chi connectivity index (χ4v) is 4.75. The molecule has 0 N–H and O–H groups in total. The number of carbonyl (C=O) groups excluding carboxylic acids is 1. The minimum Gasteiger partial charge on any atom is -0.370 e. The zero-order valence-electron chi connectivity index (χ0n) is 20.1. The van der Waals surface area contributed by atoms with Gasteiger partial charge in [0.2, 0.25) is 0 Å². The smallest absolute Gasteiger partial charge is 0.176 e. The largest absolute Gasteiger partial charge is 0.370 e. The van der Waals surface area contributed by atoms with E-state index in [-0.39, 0.29) is 11.4 Å². The molecular formula is C27H34N4O2. The topological polar surface area (TPSA) is 69.5 Å². The molecule has 3 heterocycles. The molecule has 1 aromatic carbocycles. The molecule has 1 aromatic heterocycles. The lowest BCUT2D eigenvalue weighted by molar-refractivity contribution is -0.0407. The van der Waals surface area contributed by atoms with E-state index in [0.717, 1.165) is 80.1 Å². The molecule has 0 amide bonds. The third kappa shape index (κ3) is 5.26. The second kappa shape index (κ2) is 10.0. The van der Waals surface area contributed by atoms with Gasteiger partial charge in [0, 0.05) is 49.4 Å². The number of aryl methyl sites for hydroxylation is 1. The quantitative estimate of drug-likeness (QED) is 0.595. The lowest BCUT2D eigenvalue weighted by Gasteiger charge is -2.38. The second-order valence-electron chi connectivity index (χ2n) is 9.71. The highest BCUT2D eigenvalue weighted by Crippen LogP contribution is 2.36. The van der Waals surface area contributed by atoms with Gasteiger partial charge in [-0.2, -0.15) is 5.26 Å². The highest BCUT2D eigenvalue weighted by molar-refractivity contribution is 5.97. The molecule has 33 heavy (non-hydrogen) atoms. The van der Waals surface area contributed by atoms with E-state index >= 15 is 0 Å². The molecule has 2 aliphatic heterocycles. The molecule has 1 fully saturated rings. The van der Waals surface area contributed by atoms with Crippen LogP contribution in [0, 0.1) is 11.3 Å². The highest BCUT2D eigenvalue weighted by Gasteiger charge is 2.33. The number of aromatic nitrogens is 1. The number of rotatable bonds is 7. The summed E-state index contributed by atoms with van der Waals surface area (Å²) in [7, 11) is 0. The first-order valence-corrected chi connectivity index (χ1v) is 12.1. The number of hydrogen-bond acceptors (Lipinski definition) is 6. The number of pyridine rings is 1. The standard InChI is InChI=1S/C27H34N4O2/c1-4-5-11-24-23-19-33-27(2,3)16-21(23)22(17-28)26(29-24)31-14-12-30(13-15-31)18-25(32)20-9-7-6-8-10-20/h6-10H,4-5,11-16,18-19H2,1-3H3. The zero-order chi connectivity index (χ0) is 23.4. The lowest BCUT2D eigenvalue weighted by atomic mass is 9.87. The zero-order valence-corrected chi connectivity index (χ0v) is 20.1. The summed E-state index contributed by atoms with van der Waals surface area (Å²) in [4.78, 5) is 22.1. The van der Waals surface area contributed by atoms with Gasteiger partial charge in [0.05, 0.1) is 24.3 Å². The van der Waals surface area contributed by atoms with Crippen molar-refractivity contribution in [1.29, 1.82) is 5.26 Å². The summed E-state index contributed by atoms with van der Waals surface area (Å²) >= 11 is 0. The number of hydrogen-bond donors (Lipinski definition) is 0. The van der Waals surface area contributed by atoms with Gasteiger partial charge in [-0.05, 0) is 32.3 Å². The van der Waals surface area contributed by atoms with E-state index in [0.29, 0.717) is 18.7 Å². The number of nitrogens with zero attached hydrogens (tertiary/aromatic N) is 4. The van der Waals surface area contributed by atoms with Crippen molar-refractivity contribution in [2.45, 2.75) is 58.7 Å². The summed E-state index contributed by atoms with van der Waals surface area (Å²) in [6.07, 6.45) is 3.81. The van der Waals surface area contributed by atoms with Crippen molar-refractivity contribution in [1.82, 2.24) is 9.88 Å². The molecule has 2 aliphatic rings. The second-order valence-corrected chi connectivity index (χ2v) is 9.71. The normalized spacial score (nSPS) is 17.9. The molecule has 174 valence electrons. The van der Waals surface area contributed by atoms with Crippen molar-refractivity contribution in [3.8, 4) is 6.07 Å². The molecule has 6 heteroatoms. The predicted molar refractivity (Wildman–Crippen MR) is 130 cm³/mol. The Morgan fingerprint density at radius 3 is 2.55 bits per heavy atom. The molecule has 4 rings (SSSR count). The van der Waals surface area contributed by atoms with Gasteiger partial charge >= 0.3 is 0 Å². The van der Waals surface area contributed by atoms with Crippen LogP contribution in [-0.4, -0.2) is 54.0 Å². The number of anilines is 1. The van der Waals surface area contributed by atoms with Crippen LogP contribution in [0.2, 0.25) is 0 Å². The van der Waals surface area contributed by atoms with E-state index in [1.54, 1.807) is 0 Å². The summed E-state index contributed by atoms with van der Waals surface area (Å²) in [6.45, 7) is 10.4. The van der Waals surface area contributed by atoms with Crippen LogP contribution in [0.4, 0.5) is 5.82 Å². The molecule has 0 unspecified atom stereocenters. The number of fused-ring (bicyclic) bond motifs is 1. The van der Waals surface area contributed by atoms with E-state index < -0.39 is 0 Å². The van der Waals surface area contributed by atoms with Crippen LogP contribution in [-0.2, 0) is 24.2 Å². The number of ether oxygens (including phenoxy) is 1. The number of nitriles is 1. The maximum absolute atomic E-state index is 12.6. The molecule has 2 aromatic rings. The molecule has 6 nitrogen and oxygen atoms in total. The Balaban J connectivity index is 1.54. The third-order valence-corrected chi connectivity index (χ3v) is 6.70. The van der Waals surface area contributed by atoms with Gasteiger partial charge in [0.15, 0.2) is 5.78 Å². The molecule has 0 aliphatic carbocycles. The lowest BCUT2D eigenvalue weighted by Crippen LogP contribution is -2.48. The predicted octanol–water partition coefficient (Wildman–Crippen LogP) is 4.15. The van der Waals surface area contributed by atoms with Crippen LogP contribution < -0.4 is 4.90 Å². The van der Waals surface area contributed by atoms with Crippen LogP contribution in [0.1, 0.15) is 66.4 Å². The fourth-order valence-electron chi connectivity index (χ4n) is 4.75. The first-order chi connectivity index (χ1) is 15.9. The van der Waals surface area contributed by atoms with E-state index in [4.69, 9.17) is 9.72 Å². The fraction of sp³-hybridized carbons (Fsp3) is 0.519. The first-order valence-electron chi connectivity index (χ1n) is 12.1. The van der Waals surface area contributed by atoms with Gasteiger partial charge in [-0.1, -0.05) is 43.7 Å². The minimum absolute atomic E-state index is 0.151. The Labute approximate surface area is 197 Å². The Bertz CT molecular complexity index is 1030. The van der Waals surface area contributed by atoms with Gasteiger partial charge in [-0.25, -0.2) is 4.98 Å². The van der Waals surface area contributed by atoms with Gasteiger partial charge in [0.25, 0.3) is 0 Å². The van der Waals surface area contributed by atoms with Gasteiger partial charge < -0.3 is 9.64 Å². The number of ketones is 1. The van der Waals surface area contributed by atoms with Crippen LogP contribution in [0.5, 0.6) is 0 Å². The van der Waals surface area contributed by atoms with Crippen molar-refractivity contribution in [2.24, 2.45) is 0 Å². The Morgan fingerprint density at radius 1 is 1.15 bits per heavy atom. The van der Waals surface area contributed by atoms with Gasteiger partial charge in [-0.15, -0.1) is 0 Å². The van der Waals surface area contributed by atoms with Gasteiger partial charge in [0.1, 0.15) is 11.9 Å². The van der Waals surface area contributed by atoms with Crippen molar-refractivity contribution in [2.75, 3.05) is 37.6 Å². The molecular weight excluding hydrogens is 412 g/mol. The third-order valence-electron chi connectivity index (χ3n) is 6.70. The van der Waals surface area contributed by atoms with E-state index in [2.05, 4.69) is 36.6 Å². The maximum Gasteiger partial charge on any atom is 0.176 e. The summed E-state index contributed by atoms with van der Waals surface area (Å²) in [6, 6.07) is 12.0. The number of unbranched alkanes of at least 4 members (excludes halogenated alkanes) is 1.